The summed E-state index contributed by atoms with van der Waals surface area (Å²) in [6, 6.07) is 11.6. The predicted molar refractivity (Wildman–Crippen MR) is 82.3 cm³/mol. The first-order valence-electron chi connectivity index (χ1n) is 7.20. The Balaban J connectivity index is 1.97. The third-order valence-electron chi connectivity index (χ3n) is 4.17. The molecule has 0 N–H and O–H groups in total. The molecule has 21 heavy (non-hydrogen) atoms. The molecule has 0 aliphatic carbocycles. The first kappa shape index (κ1) is 12.3. The van der Waals surface area contributed by atoms with E-state index in [-0.39, 0.29) is 5.56 Å². The van der Waals surface area contributed by atoms with E-state index in [2.05, 4.69) is 11.9 Å². The Morgan fingerprint density at radius 2 is 2.14 bits per heavy atom. The fourth-order valence-electron chi connectivity index (χ4n) is 2.98. The highest BCUT2D eigenvalue weighted by atomic mass is 16.1. The lowest BCUT2D eigenvalue weighted by atomic mass is 10.1. The lowest BCUT2D eigenvalue weighted by Gasteiger charge is -2.08. The van der Waals surface area contributed by atoms with Crippen LogP contribution < -0.4 is 5.56 Å². The van der Waals surface area contributed by atoms with E-state index in [0.29, 0.717) is 11.3 Å². The van der Waals surface area contributed by atoms with E-state index in [9.17, 15) is 4.79 Å². The maximum atomic E-state index is 12.5. The number of aromatic nitrogens is 3. The van der Waals surface area contributed by atoms with Gasteiger partial charge in [-0.15, -0.1) is 0 Å². The normalized spacial score (nSPS) is 17.1. The minimum Gasteiger partial charge on any atom is -0.296 e. The number of pyridine rings is 1. The molecule has 3 aromatic rings. The van der Waals surface area contributed by atoms with Crippen molar-refractivity contribution in [2.75, 3.05) is 0 Å². The van der Waals surface area contributed by atoms with E-state index in [1.54, 1.807) is 6.20 Å². The molecule has 4 nitrogen and oxygen atoms in total. The Bertz CT molecular complexity index is 884. The molecule has 0 saturated carbocycles. The van der Waals surface area contributed by atoms with E-state index in [1.165, 1.54) is 0 Å². The maximum absolute atomic E-state index is 12.5. The zero-order chi connectivity index (χ0) is 14.4. The number of rotatable bonds is 1. The fourth-order valence-corrected chi connectivity index (χ4v) is 2.98. The van der Waals surface area contributed by atoms with Gasteiger partial charge in [0.1, 0.15) is 5.82 Å². The molecule has 1 aromatic carbocycles. The average molecular weight is 277 g/mol. The van der Waals surface area contributed by atoms with Gasteiger partial charge >= 0.3 is 0 Å². The molecule has 1 unspecified atom stereocenters. The van der Waals surface area contributed by atoms with Gasteiger partial charge in [-0.25, -0.2) is 4.98 Å². The molecule has 0 amide bonds. The van der Waals surface area contributed by atoms with Crippen LogP contribution in [0.2, 0.25) is 0 Å². The Kier molecular flexibility index (Phi) is 2.64. The number of hydrogen-bond acceptors (Lipinski definition) is 3. The van der Waals surface area contributed by atoms with Crippen molar-refractivity contribution in [2.24, 2.45) is 0 Å². The zero-order valence-electron chi connectivity index (χ0n) is 11.8. The maximum Gasteiger partial charge on any atom is 0.261 e. The van der Waals surface area contributed by atoms with Crippen molar-refractivity contribution in [3.05, 3.63) is 58.8 Å². The highest BCUT2D eigenvalue weighted by molar-refractivity contribution is 5.83. The van der Waals surface area contributed by atoms with Crippen molar-refractivity contribution in [3.63, 3.8) is 0 Å². The van der Waals surface area contributed by atoms with Gasteiger partial charge in [0.05, 0.1) is 16.6 Å². The largest absolute Gasteiger partial charge is 0.296 e. The molecule has 0 fully saturated rings. The van der Waals surface area contributed by atoms with Gasteiger partial charge in [-0.2, -0.15) is 0 Å². The van der Waals surface area contributed by atoms with Crippen molar-refractivity contribution in [1.29, 1.82) is 0 Å². The van der Waals surface area contributed by atoms with Crippen LogP contribution in [0.15, 0.2) is 47.4 Å². The summed E-state index contributed by atoms with van der Waals surface area (Å²) in [6.07, 6.45) is 2.76. The van der Waals surface area contributed by atoms with E-state index in [1.807, 2.05) is 41.0 Å². The molecule has 1 aliphatic rings. The quantitative estimate of drug-likeness (QED) is 0.687. The van der Waals surface area contributed by atoms with Crippen LogP contribution in [-0.4, -0.2) is 14.5 Å². The summed E-state index contributed by atoms with van der Waals surface area (Å²) in [5.74, 6) is 1.26. The van der Waals surface area contributed by atoms with Gasteiger partial charge in [0.2, 0.25) is 0 Å². The molecule has 0 spiro atoms. The summed E-state index contributed by atoms with van der Waals surface area (Å²) < 4.78 is 1.81. The summed E-state index contributed by atoms with van der Waals surface area (Å²) in [5.41, 5.74) is 2.73. The van der Waals surface area contributed by atoms with Gasteiger partial charge in [0.15, 0.2) is 0 Å². The average Bonchev–Trinajstić information content (AvgIpc) is 2.90. The van der Waals surface area contributed by atoms with Crippen LogP contribution in [0.3, 0.4) is 0 Å². The molecule has 0 saturated heterocycles. The molecule has 0 bridgehead atoms. The zero-order valence-corrected chi connectivity index (χ0v) is 11.8. The number of fused-ring (bicyclic) bond motifs is 2. The molecule has 4 rings (SSSR count). The lowest BCUT2D eigenvalue weighted by molar-refractivity contribution is 0.695. The minimum atomic E-state index is 0.0759. The Labute approximate surface area is 122 Å². The van der Waals surface area contributed by atoms with Crippen molar-refractivity contribution in [3.8, 4) is 11.3 Å². The van der Waals surface area contributed by atoms with Crippen molar-refractivity contribution in [1.82, 2.24) is 14.5 Å². The van der Waals surface area contributed by atoms with Crippen LogP contribution in [-0.2, 0) is 6.54 Å². The second-order valence-corrected chi connectivity index (χ2v) is 5.56. The van der Waals surface area contributed by atoms with Gasteiger partial charge in [0, 0.05) is 24.2 Å². The molecule has 1 aliphatic heterocycles. The first-order valence-corrected chi connectivity index (χ1v) is 7.20. The van der Waals surface area contributed by atoms with Crippen LogP contribution in [0.4, 0.5) is 0 Å². The topological polar surface area (TPSA) is 47.8 Å². The predicted octanol–water partition coefficient (Wildman–Crippen LogP) is 2.97. The number of benzene rings is 1. The SMILES string of the molecule is CC1CCn2c1nc1cc(-c3ccccn3)ccc1c2=O. The monoisotopic (exact) mass is 277 g/mol. The fraction of sp³-hybridized carbons (Fsp3) is 0.235. The lowest BCUT2D eigenvalue weighted by Crippen LogP contribution is -2.21. The van der Waals surface area contributed by atoms with Gasteiger partial charge in [0.25, 0.3) is 5.56 Å². The standard InChI is InChI=1S/C17H15N3O/c1-11-7-9-20-16(11)19-15-10-12(5-6-13(15)17(20)21)14-4-2-3-8-18-14/h2-6,8,10-11H,7,9H2,1H3. The van der Waals surface area contributed by atoms with Gasteiger partial charge in [-0.1, -0.05) is 19.1 Å². The Morgan fingerprint density at radius 1 is 1.24 bits per heavy atom. The highest BCUT2D eigenvalue weighted by Gasteiger charge is 2.22. The molecule has 1 atom stereocenters. The third kappa shape index (κ3) is 1.87. The van der Waals surface area contributed by atoms with Gasteiger partial charge in [-0.3, -0.25) is 14.3 Å². The van der Waals surface area contributed by atoms with Crippen LogP contribution >= 0.6 is 0 Å². The third-order valence-corrected chi connectivity index (χ3v) is 4.17. The van der Waals surface area contributed by atoms with Crippen molar-refractivity contribution in [2.45, 2.75) is 25.8 Å². The molecule has 2 aromatic heterocycles. The second kappa shape index (κ2) is 4.52. The van der Waals surface area contributed by atoms with E-state index in [0.717, 1.165) is 35.6 Å². The molecular formula is C17H15N3O. The highest BCUT2D eigenvalue weighted by Crippen LogP contribution is 2.27. The Morgan fingerprint density at radius 3 is 2.95 bits per heavy atom. The second-order valence-electron chi connectivity index (χ2n) is 5.56. The van der Waals surface area contributed by atoms with Crippen LogP contribution in [0.5, 0.6) is 0 Å². The summed E-state index contributed by atoms with van der Waals surface area (Å²) in [7, 11) is 0. The molecule has 104 valence electrons. The molecule has 3 heterocycles. The summed E-state index contributed by atoms with van der Waals surface area (Å²) in [4.78, 5) is 21.6. The van der Waals surface area contributed by atoms with E-state index in [4.69, 9.17) is 4.98 Å². The van der Waals surface area contributed by atoms with Crippen molar-refractivity contribution < 1.29 is 0 Å². The number of nitrogens with zero attached hydrogens (tertiary/aromatic N) is 3. The minimum absolute atomic E-state index is 0.0759. The van der Waals surface area contributed by atoms with E-state index >= 15 is 0 Å². The molecule has 4 heteroatoms. The summed E-state index contributed by atoms with van der Waals surface area (Å²) in [6.45, 7) is 2.90. The summed E-state index contributed by atoms with van der Waals surface area (Å²) >= 11 is 0. The Hall–Kier alpha value is -2.49. The van der Waals surface area contributed by atoms with Gasteiger partial charge < -0.3 is 0 Å². The van der Waals surface area contributed by atoms with Gasteiger partial charge in [-0.05, 0) is 30.7 Å². The number of hydrogen-bond donors (Lipinski definition) is 0. The smallest absolute Gasteiger partial charge is 0.261 e. The van der Waals surface area contributed by atoms with Crippen molar-refractivity contribution >= 4 is 10.9 Å². The first-order chi connectivity index (χ1) is 10.2. The van der Waals surface area contributed by atoms with Crippen LogP contribution in [0.1, 0.15) is 25.1 Å². The van der Waals surface area contributed by atoms with Crippen LogP contribution in [0, 0.1) is 0 Å². The molecular weight excluding hydrogens is 262 g/mol. The van der Waals surface area contributed by atoms with E-state index < -0.39 is 0 Å². The van der Waals surface area contributed by atoms with Crippen LogP contribution in [0.25, 0.3) is 22.2 Å². The molecule has 0 radical (unpaired) electrons. The summed E-state index contributed by atoms with van der Waals surface area (Å²) in [5, 5.41) is 0.688.